The molecule has 1 aromatic carbocycles. The Kier molecular flexibility index (Phi) is 7.09. The average Bonchev–Trinajstić information content (AvgIpc) is 2.38. The van der Waals surface area contributed by atoms with Gasteiger partial charge in [-0.2, -0.15) is 0 Å². The van der Waals surface area contributed by atoms with Crippen molar-refractivity contribution in [1.82, 2.24) is 10.6 Å². The van der Waals surface area contributed by atoms with E-state index in [1.54, 1.807) is 0 Å². The number of hydrogen-bond acceptors (Lipinski definition) is 3. The summed E-state index contributed by atoms with van der Waals surface area (Å²) >= 11 is 0. The van der Waals surface area contributed by atoms with Gasteiger partial charge in [0.25, 0.3) is 0 Å². The summed E-state index contributed by atoms with van der Waals surface area (Å²) in [4.78, 5) is 11.9. The van der Waals surface area contributed by atoms with Gasteiger partial charge in [0.05, 0.1) is 12.1 Å². The highest BCUT2D eigenvalue weighted by Gasteiger charge is 2.14. The summed E-state index contributed by atoms with van der Waals surface area (Å²) < 4.78 is 5.79. The van der Waals surface area contributed by atoms with Crippen LogP contribution in [-0.2, 0) is 4.79 Å². The lowest BCUT2D eigenvalue weighted by Crippen LogP contribution is -2.27. The lowest BCUT2D eigenvalue weighted by molar-refractivity contribution is -0.121. The highest BCUT2D eigenvalue weighted by molar-refractivity contribution is 5.76. The largest absolute Gasteiger partial charge is 0.491 e. The third kappa shape index (κ3) is 5.61. The second-order valence-electron chi connectivity index (χ2n) is 5.20. The second-order valence-corrected chi connectivity index (χ2v) is 5.20. The molecule has 4 nitrogen and oxygen atoms in total. The van der Waals surface area contributed by atoms with Crippen molar-refractivity contribution in [2.45, 2.75) is 45.8 Å². The molecule has 4 heteroatoms. The number of amides is 1. The summed E-state index contributed by atoms with van der Waals surface area (Å²) in [5.74, 6) is 0.914. The van der Waals surface area contributed by atoms with Crippen LogP contribution < -0.4 is 15.4 Å². The van der Waals surface area contributed by atoms with Crippen LogP contribution in [-0.4, -0.2) is 25.6 Å². The Bertz CT molecular complexity index is 419. The van der Waals surface area contributed by atoms with Crippen LogP contribution in [0.5, 0.6) is 5.75 Å². The monoisotopic (exact) mass is 278 g/mol. The molecule has 1 aromatic rings. The van der Waals surface area contributed by atoms with Gasteiger partial charge in [-0.3, -0.25) is 4.79 Å². The number of para-hydroxylation sites is 1. The fraction of sp³-hybridized carbons (Fsp3) is 0.562. The van der Waals surface area contributed by atoms with E-state index in [0.717, 1.165) is 24.3 Å². The van der Waals surface area contributed by atoms with E-state index in [4.69, 9.17) is 4.74 Å². The van der Waals surface area contributed by atoms with Crippen molar-refractivity contribution in [3.8, 4) is 5.75 Å². The predicted molar refractivity (Wildman–Crippen MR) is 81.9 cm³/mol. The number of hydrogen-bond donors (Lipinski definition) is 2. The Balaban J connectivity index is 2.62. The Morgan fingerprint density at radius 3 is 2.60 bits per heavy atom. The van der Waals surface area contributed by atoms with Crippen LogP contribution >= 0.6 is 0 Å². The number of carbonyl (C=O) groups excluding carboxylic acids is 1. The molecule has 20 heavy (non-hydrogen) atoms. The molecule has 2 N–H and O–H groups in total. The second kappa shape index (κ2) is 8.59. The highest BCUT2D eigenvalue weighted by Crippen LogP contribution is 2.25. The minimum Gasteiger partial charge on any atom is -0.491 e. The Morgan fingerprint density at radius 2 is 1.95 bits per heavy atom. The number of carbonyl (C=O) groups is 1. The molecule has 0 aliphatic rings. The third-order valence-corrected chi connectivity index (χ3v) is 2.96. The first-order chi connectivity index (χ1) is 9.54. The van der Waals surface area contributed by atoms with Crippen molar-refractivity contribution < 1.29 is 9.53 Å². The van der Waals surface area contributed by atoms with Crippen LogP contribution in [0.15, 0.2) is 24.3 Å². The number of nitrogens with one attached hydrogen (secondary N) is 2. The van der Waals surface area contributed by atoms with E-state index < -0.39 is 0 Å². The highest BCUT2D eigenvalue weighted by atomic mass is 16.5. The number of benzene rings is 1. The molecule has 0 fully saturated rings. The predicted octanol–water partition coefficient (Wildman–Crippen LogP) is 2.65. The summed E-state index contributed by atoms with van der Waals surface area (Å²) in [6.07, 6.45) is 1.51. The molecule has 0 heterocycles. The normalized spacial score (nSPS) is 12.2. The summed E-state index contributed by atoms with van der Waals surface area (Å²) in [5, 5.41) is 6.06. The maximum absolute atomic E-state index is 11.9. The summed E-state index contributed by atoms with van der Waals surface area (Å²) in [6, 6.07) is 7.80. The molecule has 0 aliphatic carbocycles. The summed E-state index contributed by atoms with van der Waals surface area (Å²) in [6.45, 7) is 6.84. The fourth-order valence-electron chi connectivity index (χ4n) is 2.02. The van der Waals surface area contributed by atoms with E-state index in [1.165, 1.54) is 0 Å². The smallest absolute Gasteiger partial charge is 0.220 e. The summed E-state index contributed by atoms with van der Waals surface area (Å²) in [5.41, 5.74) is 1.02. The standard InChI is InChI=1S/C16H26N2O2/c1-12(2)20-15-9-6-5-8-14(15)13(3)18-16(19)10-7-11-17-4/h5-6,8-9,12-13,17H,7,10-11H2,1-4H3,(H,18,19). The van der Waals surface area contributed by atoms with Gasteiger partial charge >= 0.3 is 0 Å². The van der Waals surface area contributed by atoms with Crippen molar-refractivity contribution in [2.75, 3.05) is 13.6 Å². The Hall–Kier alpha value is -1.55. The van der Waals surface area contributed by atoms with Crippen molar-refractivity contribution in [1.29, 1.82) is 0 Å². The minimum absolute atomic E-state index is 0.0490. The van der Waals surface area contributed by atoms with Gasteiger partial charge in [-0.25, -0.2) is 0 Å². The first-order valence-electron chi connectivity index (χ1n) is 7.24. The lowest BCUT2D eigenvalue weighted by atomic mass is 10.1. The van der Waals surface area contributed by atoms with Crippen LogP contribution in [0.25, 0.3) is 0 Å². The molecule has 1 rings (SSSR count). The topological polar surface area (TPSA) is 50.4 Å². The third-order valence-electron chi connectivity index (χ3n) is 2.96. The minimum atomic E-state index is -0.0490. The van der Waals surface area contributed by atoms with Gasteiger partial charge in [-0.15, -0.1) is 0 Å². The Morgan fingerprint density at radius 1 is 1.25 bits per heavy atom. The molecule has 0 saturated carbocycles. The van der Waals surface area contributed by atoms with Gasteiger partial charge in [0, 0.05) is 12.0 Å². The molecule has 112 valence electrons. The zero-order chi connectivity index (χ0) is 15.0. The van der Waals surface area contributed by atoms with Gasteiger partial charge < -0.3 is 15.4 Å². The van der Waals surface area contributed by atoms with Crippen molar-refractivity contribution in [3.05, 3.63) is 29.8 Å². The molecule has 0 bridgehead atoms. The molecule has 0 saturated heterocycles. The molecular formula is C16H26N2O2. The van der Waals surface area contributed by atoms with Gasteiger partial charge in [0.1, 0.15) is 5.75 Å². The lowest BCUT2D eigenvalue weighted by Gasteiger charge is -2.19. The quantitative estimate of drug-likeness (QED) is 0.719. The maximum Gasteiger partial charge on any atom is 0.220 e. The van der Waals surface area contributed by atoms with E-state index in [9.17, 15) is 4.79 Å². The zero-order valence-electron chi connectivity index (χ0n) is 12.9. The van der Waals surface area contributed by atoms with E-state index in [1.807, 2.05) is 52.1 Å². The van der Waals surface area contributed by atoms with Crippen molar-refractivity contribution in [2.24, 2.45) is 0 Å². The van der Waals surface area contributed by atoms with E-state index >= 15 is 0 Å². The van der Waals surface area contributed by atoms with Crippen LogP contribution in [0, 0.1) is 0 Å². The first-order valence-corrected chi connectivity index (χ1v) is 7.24. The molecule has 0 spiro atoms. The van der Waals surface area contributed by atoms with E-state index in [0.29, 0.717) is 6.42 Å². The van der Waals surface area contributed by atoms with Gasteiger partial charge in [0.2, 0.25) is 5.91 Å². The van der Waals surface area contributed by atoms with E-state index in [-0.39, 0.29) is 18.1 Å². The van der Waals surface area contributed by atoms with Gasteiger partial charge in [0.15, 0.2) is 0 Å². The van der Waals surface area contributed by atoms with Gasteiger partial charge in [-0.05, 0) is 46.9 Å². The van der Waals surface area contributed by atoms with Gasteiger partial charge in [-0.1, -0.05) is 18.2 Å². The number of rotatable bonds is 8. The molecule has 1 unspecified atom stereocenters. The van der Waals surface area contributed by atoms with Crippen LogP contribution in [0.3, 0.4) is 0 Å². The molecule has 0 aliphatic heterocycles. The first kappa shape index (κ1) is 16.5. The summed E-state index contributed by atoms with van der Waals surface area (Å²) in [7, 11) is 1.89. The zero-order valence-corrected chi connectivity index (χ0v) is 12.9. The molecule has 1 amide bonds. The van der Waals surface area contributed by atoms with Crippen LogP contribution in [0.2, 0.25) is 0 Å². The fourth-order valence-corrected chi connectivity index (χ4v) is 2.02. The van der Waals surface area contributed by atoms with Crippen molar-refractivity contribution in [3.63, 3.8) is 0 Å². The van der Waals surface area contributed by atoms with Crippen LogP contribution in [0.4, 0.5) is 0 Å². The maximum atomic E-state index is 11.9. The SMILES string of the molecule is CNCCCC(=O)NC(C)c1ccccc1OC(C)C. The molecule has 0 radical (unpaired) electrons. The average molecular weight is 278 g/mol. The number of ether oxygens (including phenoxy) is 1. The van der Waals surface area contributed by atoms with Crippen molar-refractivity contribution >= 4 is 5.91 Å². The van der Waals surface area contributed by atoms with Crippen LogP contribution in [0.1, 0.15) is 45.2 Å². The van der Waals surface area contributed by atoms with E-state index in [2.05, 4.69) is 10.6 Å². The molecule has 0 aromatic heterocycles. The molecule has 1 atom stereocenters. The Labute approximate surface area is 121 Å². The molecular weight excluding hydrogens is 252 g/mol.